The van der Waals surface area contributed by atoms with Crippen LogP contribution in [0.3, 0.4) is 0 Å². The van der Waals surface area contributed by atoms with Crippen molar-refractivity contribution in [3.05, 3.63) is 66.0 Å². The minimum atomic E-state index is -4.55. The quantitative estimate of drug-likeness (QED) is 0.463. The summed E-state index contributed by atoms with van der Waals surface area (Å²) < 4.78 is 38.2. The number of fused-ring (bicyclic) bond motifs is 1. The van der Waals surface area contributed by atoms with Gasteiger partial charge in [0.1, 0.15) is 18.8 Å². The number of nitrogens with zero attached hydrogens (tertiary/aromatic N) is 5. The molecule has 2 aromatic rings. The number of amides is 1. The van der Waals surface area contributed by atoms with E-state index in [9.17, 15) is 18.0 Å². The van der Waals surface area contributed by atoms with Crippen molar-refractivity contribution in [1.29, 1.82) is 0 Å². The summed E-state index contributed by atoms with van der Waals surface area (Å²) in [5.74, 6) is 0.693. The summed E-state index contributed by atoms with van der Waals surface area (Å²) in [5.41, 5.74) is 6.10. The van der Waals surface area contributed by atoms with E-state index >= 15 is 0 Å². The van der Waals surface area contributed by atoms with Gasteiger partial charge in [0.25, 0.3) is 5.91 Å². The standard InChI is InChI=1S/C23H24BF3N7O/c1-13-4-5-16(14(2)29-7-3-6-28)21(33-13)22(35)34-12-18-17(24-18)8-15(34)9-31-20-11-30-19(10-32-20)23(25,26)27/h3-7,10-11,15,17-18H,2,8-9,12,28H2,1H3,(H,31,32)/b6-3-,29-7?/t15-,17+,18-/m0/s1. The van der Waals surface area contributed by atoms with Crippen LogP contribution in [0, 0.1) is 6.92 Å². The van der Waals surface area contributed by atoms with Crippen molar-refractivity contribution in [1.82, 2.24) is 19.9 Å². The first-order chi connectivity index (χ1) is 16.7. The number of aliphatic imine (C=N–C) groups is 1. The smallest absolute Gasteiger partial charge is 0.405 e. The zero-order chi connectivity index (χ0) is 25.2. The number of hydrogen-bond donors (Lipinski definition) is 2. The van der Waals surface area contributed by atoms with Gasteiger partial charge in [-0.15, -0.1) is 0 Å². The Morgan fingerprint density at radius 3 is 2.83 bits per heavy atom. The van der Waals surface area contributed by atoms with Crippen LogP contribution >= 0.6 is 0 Å². The number of hydrogen-bond acceptors (Lipinski definition) is 7. The molecule has 35 heavy (non-hydrogen) atoms. The SMILES string of the molecule is C=C(N=C/C=C\N)c1ccc(C)nc1C(=O)N1C[C@@H]2[B][C@@H]2C[C@H]1CNc1cnc(C(F)(F)F)cn1. The van der Waals surface area contributed by atoms with Crippen molar-refractivity contribution in [2.24, 2.45) is 10.7 Å². The van der Waals surface area contributed by atoms with Crippen molar-refractivity contribution in [3.8, 4) is 0 Å². The van der Waals surface area contributed by atoms with Crippen molar-refractivity contribution < 1.29 is 18.0 Å². The molecule has 3 atom stereocenters. The molecule has 4 rings (SSSR count). The Hall–Kier alpha value is -3.70. The van der Waals surface area contributed by atoms with E-state index < -0.39 is 11.9 Å². The lowest BCUT2D eigenvalue weighted by molar-refractivity contribution is -0.141. The fourth-order valence-corrected chi connectivity index (χ4v) is 4.09. The number of carbonyl (C=O) groups is 1. The highest BCUT2D eigenvalue weighted by atomic mass is 19.4. The van der Waals surface area contributed by atoms with Gasteiger partial charge in [-0.1, -0.05) is 18.2 Å². The first kappa shape index (κ1) is 24.4. The summed E-state index contributed by atoms with van der Waals surface area (Å²) in [6, 6.07) is 3.34. The van der Waals surface area contributed by atoms with Crippen molar-refractivity contribution in [2.75, 3.05) is 18.4 Å². The third-order valence-electron chi connectivity index (χ3n) is 5.99. The topological polar surface area (TPSA) is 109 Å². The number of aryl methyl sites for hydroxylation is 1. The highest BCUT2D eigenvalue weighted by molar-refractivity contribution is 6.54. The van der Waals surface area contributed by atoms with Gasteiger partial charge in [-0.2, -0.15) is 13.2 Å². The van der Waals surface area contributed by atoms with Gasteiger partial charge in [-0.3, -0.25) is 9.79 Å². The molecule has 0 saturated carbocycles. The molecule has 0 spiro atoms. The number of piperidine rings is 1. The van der Waals surface area contributed by atoms with Gasteiger partial charge in [-0.25, -0.2) is 15.0 Å². The van der Waals surface area contributed by atoms with E-state index in [1.54, 1.807) is 30.0 Å². The molecular weight excluding hydrogens is 458 g/mol. The molecule has 0 aromatic carbocycles. The number of anilines is 1. The van der Waals surface area contributed by atoms with E-state index in [-0.39, 0.29) is 23.5 Å². The largest absolute Gasteiger partial charge is 0.434 e. The van der Waals surface area contributed by atoms with Gasteiger partial charge >= 0.3 is 6.18 Å². The molecule has 181 valence electrons. The van der Waals surface area contributed by atoms with Crippen LogP contribution in [0.5, 0.6) is 0 Å². The average molecular weight is 482 g/mol. The highest BCUT2D eigenvalue weighted by Gasteiger charge is 2.48. The lowest BCUT2D eigenvalue weighted by Gasteiger charge is -2.36. The maximum atomic E-state index is 13.7. The molecule has 2 aliphatic heterocycles. The average Bonchev–Trinajstić information content (AvgIpc) is 3.60. The number of pyridine rings is 1. The van der Waals surface area contributed by atoms with E-state index in [0.717, 1.165) is 12.6 Å². The Bertz CT molecular complexity index is 1170. The molecule has 2 aliphatic rings. The number of alkyl halides is 3. The lowest BCUT2D eigenvalue weighted by Crippen LogP contribution is -2.47. The first-order valence-corrected chi connectivity index (χ1v) is 11.0. The summed E-state index contributed by atoms with van der Waals surface area (Å²) in [5, 5.41) is 3.02. The minimum absolute atomic E-state index is 0.206. The van der Waals surface area contributed by atoms with Gasteiger partial charge < -0.3 is 16.0 Å². The minimum Gasteiger partial charge on any atom is -0.405 e. The van der Waals surface area contributed by atoms with Crippen LogP contribution in [-0.2, 0) is 6.18 Å². The fourth-order valence-electron chi connectivity index (χ4n) is 4.09. The van der Waals surface area contributed by atoms with Gasteiger partial charge in [0, 0.05) is 36.6 Å². The second-order valence-corrected chi connectivity index (χ2v) is 8.49. The monoisotopic (exact) mass is 482 g/mol. The number of nitrogens with one attached hydrogen (secondary N) is 1. The summed E-state index contributed by atoms with van der Waals surface area (Å²) in [4.78, 5) is 31.4. The number of likely N-dealkylation sites (tertiary alicyclic amines) is 1. The molecule has 0 unspecified atom stereocenters. The number of carbonyl (C=O) groups excluding carboxylic acids is 1. The maximum Gasteiger partial charge on any atom is 0.434 e. The molecule has 0 aliphatic carbocycles. The molecule has 2 aromatic heterocycles. The molecule has 2 saturated heterocycles. The molecule has 2 fully saturated rings. The molecule has 4 heterocycles. The summed E-state index contributed by atoms with van der Waals surface area (Å²) >= 11 is 0. The normalized spacial score (nSPS) is 21.6. The van der Waals surface area contributed by atoms with Gasteiger partial charge in [-0.05, 0) is 37.8 Å². The predicted molar refractivity (Wildman–Crippen MR) is 128 cm³/mol. The van der Waals surface area contributed by atoms with E-state index in [2.05, 4.69) is 39.1 Å². The molecule has 8 nitrogen and oxygen atoms in total. The van der Waals surface area contributed by atoms with Crippen molar-refractivity contribution in [2.45, 2.75) is 37.2 Å². The van der Waals surface area contributed by atoms with E-state index in [1.807, 2.05) is 0 Å². The Morgan fingerprint density at radius 2 is 2.14 bits per heavy atom. The third-order valence-corrected chi connectivity index (χ3v) is 5.99. The zero-order valence-electron chi connectivity index (χ0n) is 19.0. The highest BCUT2D eigenvalue weighted by Crippen LogP contribution is 2.50. The number of nitrogens with two attached hydrogens (primary N) is 1. The fraction of sp³-hybridized carbons (Fsp3) is 0.348. The summed E-state index contributed by atoms with van der Waals surface area (Å²) in [7, 11) is 2.20. The molecule has 3 N–H and O–H groups in total. The Labute approximate surface area is 201 Å². The van der Waals surface area contributed by atoms with Crippen LogP contribution in [0.25, 0.3) is 5.70 Å². The summed E-state index contributed by atoms with van der Waals surface area (Å²) in [6.45, 7) is 6.61. The van der Waals surface area contributed by atoms with E-state index in [0.29, 0.717) is 47.9 Å². The number of rotatable bonds is 7. The molecule has 1 amide bonds. The lowest BCUT2D eigenvalue weighted by atomic mass is 9.96. The van der Waals surface area contributed by atoms with Gasteiger partial charge in [0.2, 0.25) is 0 Å². The van der Waals surface area contributed by atoms with Crippen LogP contribution in [0.1, 0.15) is 33.9 Å². The van der Waals surface area contributed by atoms with Gasteiger partial charge in [0.05, 0.1) is 18.1 Å². The summed E-state index contributed by atoms with van der Waals surface area (Å²) in [6.07, 6.45) is 2.28. The van der Waals surface area contributed by atoms with Crippen LogP contribution < -0.4 is 11.1 Å². The molecular formula is C23H24BF3N7O. The first-order valence-electron chi connectivity index (χ1n) is 11.0. The molecule has 1 radical (unpaired) electrons. The number of allylic oxidation sites excluding steroid dienone is 1. The Balaban J connectivity index is 1.53. The van der Waals surface area contributed by atoms with E-state index in [4.69, 9.17) is 5.73 Å². The van der Waals surface area contributed by atoms with Crippen LogP contribution in [0.2, 0.25) is 11.6 Å². The third kappa shape index (κ3) is 5.69. The molecule has 0 bridgehead atoms. The number of aromatic nitrogens is 3. The predicted octanol–water partition coefficient (Wildman–Crippen LogP) is 3.33. The second-order valence-electron chi connectivity index (χ2n) is 8.49. The van der Waals surface area contributed by atoms with Crippen LogP contribution in [0.15, 0.2) is 48.4 Å². The van der Waals surface area contributed by atoms with Crippen molar-refractivity contribution >= 4 is 30.9 Å². The number of halogens is 3. The Morgan fingerprint density at radius 1 is 1.34 bits per heavy atom. The zero-order valence-corrected chi connectivity index (χ0v) is 19.0. The van der Waals surface area contributed by atoms with Crippen molar-refractivity contribution in [3.63, 3.8) is 0 Å². The van der Waals surface area contributed by atoms with Gasteiger partial charge in [0.15, 0.2) is 5.69 Å². The Kier molecular flexibility index (Phi) is 6.90. The van der Waals surface area contributed by atoms with Crippen LogP contribution in [0.4, 0.5) is 19.0 Å². The molecule has 12 heteroatoms. The second kappa shape index (κ2) is 9.89. The maximum absolute atomic E-state index is 13.7. The van der Waals surface area contributed by atoms with Crippen LogP contribution in [-0.4, -0.2) is 58.4 Å². The van der Waals surface area contributed by atoms with E-state index in [1.165, 1.54) is 12.4 Å².